The molecule has 1 fully saturated rings. The number of carbonyl (C=O) groups excluding carboxylic acids is 1. The summed E-state index contributed by atoms with van der Waals surface area (Å²) in [5, 5.41) is 0. The van der Waals surface area contributed by atoms with Crippen LogP contribution in [0.1, 0.15) is 19.6 Å². The maximum Gasteiger partial charge on any atom is 0.270 e. The van der Waals surface area contributed by atoms with Crippen LogP contribution in [0.5, 0.6) is 0 Å². The third-order valence-corrected chi connectivity index (χ3v) is 5.40. The Bertz CT molecular complexity index is 835. The van der Waals surface area contributed by atoms with Crippen molar-refractivity contribution in [2.75, 3.05) is 22.9 Å². The zero-order valence-electron chi connectivity index (χ0n) is 14.7. The Hall–Kier alpha value is -2.31. The first-order valence-electron chi connectivity index (χ1n) is 8.47. The average Bonchev–Trinajstić information content (AvgIpc) is 3.25. The number of thiocarbonyl (C=S) groups is 1. The van der Waals surface area contributed by atoms with E-state index in [9.17, 15) is 4.79 Å². The molecule has 3 rings (SSSR count). The van der Waals surface area contributed by atoms with Gasteiger partial charge in [0.2, 0.25) is 0 Å². The minimum absolute atomic E-state index is 0.0975. The molecule has 0 bridgehead atoms. The van der Waals surface area contributed by atoms with Crippen LogP contribution in [0.2, 0.25) is 0 Å². The third-order valence-electron chi connectivity index (χ3n) is 4.08. The third kappa shape index (κ3) is 3.92. The lowest BCUT2D eigenvalue weighted by atomic mass is 10.2. The monoisotopic (exact) mass is 384 g/mol. The van der Waals surface area contributed by atoms with Gasteiger partial charge < -0.3 is 9.32 Å². The van der Waals surface area contributed by atoms with Crippen LogP contribution in [0.25, 0.3) is 6.08 Å². The molecule has 1 amide bonds. The molecule has 0 aliphatic carbocycles. The van der Waals surface area contributed by atoms with Crippen molar-refractivity contribution in [3.63, 3.8) is 0 Å². The van der Waals surface area contributed by atoms with Crippen LogP contribution in [0.4, 0.5) is 11.4 Å². The fraction of sp³-hybridized carbons (Fsp3) is 0.200. The highest BCUT2D eigenvalue weighted by atomic mass is 32.2. The van der Waals surface area contributed by atoms with E-state index in [1.807, 2.05) is 42.5 Å². The van der Waals surface area contributed by atoms with Gasteiger partial charge in [-0.1, -0.05) is 30.1 Å². The number of benzene rings is 1. The standard InChI is InChI=1S/C20H20N2O2S2/c1-3-21(4-2)15-10-12-16(13-11-15)22-19(23)18(26-20(22)25)9-5-7-17-8-6-14-24-17/h5-14H,3-4H2,1-2H3. The Balaban J connectivity index is 1.76. The molecule has 1 aliphatic heterocycles. The smallest absolute Gasteiger partial charge is 0.270 e. The molecular formula is C20H20N2O2S2. The van der Waals surface area contributed by atoms with Gasteiger partial charge in [-0.2, -0.15) is 0 Å². The number of rotatable bonds is 6. The second-order valence-corrected chi connectivity index (χ2v) is 7.28. The second kappa shape index (κ2) is 8.38. The van der Waals surface area contributed by atoms with E-state index in [1.54, 1.807) is 23.3 Å². The molecule has 2 heterocycles. The summed E-state index contributed by atoms with van der Waals surface area (Å²) in [7, 11) is 0. The summed E-state index contributed by atoms with van der Waals surface area (Å²) in [4.78, 5) is 17.2. The van der Waals surface area contributed by atoms with E-state index in [1.165, 1.54) is 11.8 Å². The summed E-state index contributed by atoms with van der Waals surface area (Å²) in [6.07, 6.45) is 6.99. The summed E-state index contributed by atoms with van der Waals surface area (Å²) in [5.41, 5.74) is 1.93. The molecule has 0 N–H and O–H groups in total. The topological polar surface area (TPSA) is 36.7 Å². The maximum absolute atomic E-state index is 12.7. The maximum atomic E-state index is 12.7. The number of thioether (sulfide) groups is 1. The lowest BCUT2D eigenvalue weighted by Gasteiger charge is -2.22. The lowest BCUT2D eigenvalue weighted by molar-refractivity contribution is -0.113. The molecule has 0 radical (unpaired) electrons. The number of anilines is 2. The van der Waals surface area contributed by atoms with Crippen molar-refractivity contribution in [3.8, 4) is 0 Å². The predicted octanol–water partition coefficient (Wildman–Crippen LogP) is 5.09. The zero-order chi connectivity index (χ0) is 18.5. The van der Waals surface area contributed by atoms with E-state index in [-0.39, 0.29) is 5.91 Å². The molecule has 0 unspecified atom stereocenters. The van der Waals surface area contributed by atoms with Crippen molar-refractivity contribution in [2.24, 2.45) is 0 Å². The lowest BCUT2D eigenvalue weighted by Crippen LogP contribution is -2.27. The molecular weight excluding hydrogens is 364 g/mol. The quantitative estimate of drug-likeness (QED) is 0.512. The Morgan fingerprint density at radius 3 is 2.54 bits per heavy atom. The van der Waals surface area contributed by atoms with E-state index in [0.29, 0.717) is 9.23 Å². The highest BCUT2D eigenvalue weighted by Crippen LogP contribution is 2.35. The Morgan fingerprint density at radius 2 is 1.92 bits per heavy atom. The number of nitrogens with zero attached hydrogens (tertiary/aromatic N) is 2. The fourth-order valence-corrected chi connectivity index (χ4v) is 3.97. The number of hydrogen-bond donors (Lipinski definition) is 0. The van der Waals surface area contributed by atoms with Crippen molar-refractivity contribution < 1.29 is 9.21 Å². The van der Waals surface area contributed by atoms with E-state index < -0.39 is 0 Å². The van der Waals surface area contributed by atoms with Crippen LogP contribution < -0.4 is 9.80 Å². The summed E-state index contributed by atoms with van der Waals surface area (Å²) < 4.78 is 5.78. The van der Waals surface area contributed by atoms with Crippen LogP contribution in [0.3, 0.4) is 0 Å². The van der Waals surface area contributed by atoms with Gasteiger partial charge in [-0.05, 0) is 62.4 Å². The van der Waals surface area contributed by atoms with Crippen molar-refractivity contribution in [1.82, 2.24) is 0 Å². The normalized spacial score (nSPS) is 16.2. The van der Waals surface area contributed by atoms with Crippen molar-refractivity contribution in [3.05, 3.63) is 65.5 Å². The van der Waals surface area contributed by atoms with E-state index in [2.05, 4.69) is 18.7 Å². The zero-order valence-corrected chi connectivity index (χ0v) is 16.3. The summed E-state index contributed by atoms with van der Waals surface area (Å²) in [6.45, 7) is 6.14. The summed E-state index contributed by atoms with van der Waals surface area (Å²) >= 11 is 6.72. The molecule has 1 aliphatic rings. The number of carbonyl (C=O) groups is 1. The first kappa shape index (κ1) is 18.5. The SMILES string of the molecule is CCN(CC)c1ccc(N2C(=O)C(=CC=Cc3ccco3)SC2=S)cc1. The van der Waals surface area contributed by atoms with Gasteiger partial charge >= 0.3 is 0 Å². The van der Waals surface area contributed by atoms with Crippen molar-refractivity contribution >= 4 is 51.7 Å². The Labute approximate surface area is 163 Å². The molecule has 0 saturated carbocycles. The van der Waals surface area contributed by atoms with Crippen molar-refractivity contribution in [2.45, 2.75) is 13.8 Å². The van der Waals surface area contributed by atoms with Gasteiger partial charge in [0.15, 0.2) is 4.32 Å². The molecule has 1 aromatic carbocycles. The molecule has 6 heteroatoms. The van der Waals surface area contributed by atoms with Gasteiger partial charge in [-0.15, -0.1) is 0 Å². The number of amides is 1. The van der Waals surface area contributed by atoms with Gasteiger partial charge in [0.25, 0.3) is 5.91 Å². The summed E-state index contributed by atoms with van der Waals surface area (Å²) in [6, 6.07) is 11.6. The molecule has 26 heavy (non-hydrogen) atoms. The average molecular weight is 385 g/mol. The van der Waals surface area contributed by atoms with Crippen LogP contribution in [-0.4, -0.2) is 23.3 Å². The number of hydrogen-bond acceptors (Lipinski definition) is 5. The second-order valence-electron chi connectivity index (χ2n) is 5.60. The van der Waals surface area contributed by atoms with Crippen LogP contribution in [-0.2, 0) is 4.79 Å². The highest BCUT2D eigenvalue weighted by molar-refractivity contribution is 8.27. The number of furan rings is 1. The van der Waals surface area contributed by atoms with E-state index in [4.69, 9.17) is 16.6 Å². The molecule has 0 spiro atoms. The largest absolute Gasteiger partial charge is 0.465 e. The van der Waals surface area contributed by atoms with Gasteiger partial charge in [0.1, 0.15) is 5.76 Å². The van der Waals surface area contributed by atoms with Gasteiger partial charge in [0, 0.05) is 18.8 Å². The summed E-state index contributed by atoms with van der Waals surface area (Å²) in [5.74, 6) is 0.642. The predicted molar refractivity (Wildman–Crippen MR) is 114 cm³/mol. The molecule has 1 saturated heterocycles. The van der Waals surface area contributed by atoms with Gasteiger partial charge in [0.05, 0.1) is 16.9 Å². The number of allylic oxidation sites excluding steroid dienone is 2. The molecule has 134 valence electrons. The first-order chi connectivity index (χ1) is 12.6. The van der Waals surface area contributed by atoms with Gasteiger partial charge in [-0.3, -0.25) is 9.69 Å². The van der Waals surface area contributed by atoms with E-state index in [0.717, 1.165) is 30.2 Å². The molecule has 2 aromatic rings. The molecule has 4 nitrogen and oxygen atoms in total. The highest BCUT2D eigenvalue weighted by Gasteiger charge is 2.32. The minimum Gasteiger partial charge on any atom is -0.465 e. The van der Waals surface area contributed by atoms with Gasteiger partial charge in [-0.25, -0.2) is 0 Å². The van der Waals surface area contributed by atoms with Crippen LogP contribution in [0.15, 0.2) is 64.1 Å². The van der Waals surface area contributed by atoms with E-state index >= 15 is 0 Å². The van der Waals surface area contributed by atoms with Crippen molar-refractivity contribution in [1.29, 1.82) is 0 Å². The van der Waals surface area contributed by atoms with Crippen LogP contribution >= 0.6 is 24.0 Å². The Kier molecular flexibility index (Phi) is 5.96. The molecule has 0 atom stereocenters. The van der Waals surface area contributed by atoms with Crippen LogP contribution in [0, 0.1) is 0 Å². The first-order valence-corrected chi connectivity index (χ1v) is 9.69. The molecule has 1 aromatic heterocycles. The Morgan fingerprint density at radius 1 is 1.19 bits per heavy atom. The minimum atomic E-state index is -0.0975. The fourth-order valence-electron chi connectivity index (χ4n) is 2.72.